The first kappa shape index (κ1) is 12.8. The van der Waals surface area contributed by atoms with Gasteiger partial charge in [0.1, 0.15) is 11.5 Å². The lowest BCUT2D eigenvalue weighted by Crippen LogP contribution is -1.96. The highest BCUT2D eigenvalue weighted by molar-refractivity contribution is 9.10. The number of anilines is 1. The van der Waals surface area contributed by atoms with Crippen LogP contribution >= 0.6 is 15.9 Å². The van der Waals surface area contributed by atoms with Crippen molar-refractivity contribution in [2.45, 2.75) is 6.92 Å². The summed E-state index contributed by atoms with van der Waals surface area (Å²) >= 11 is 3.45. The number of hydrogen-bond acceptors (Lipinski definition) is 5. The van der Waals surface area contributed by atoms with Crippen LogP contribution in [0.3, 0.4) is 0 Å². The van der Waals surface area contributed by atoms with Gasteiger partial charge >= 0.3 is 0 Å². The van der Waals surface area contributed by atoms with Crippen molar-refractivity contribution >= 4 is 21.7 Å². The largest absolute Gasteiger partial charge is 0.496 e. The molecule has 0 saturated carbocycles. The monoisotopic (exact) mass is 312 g/mol. The Balaban J connectivity index is 2.68. The molecule has 2 aromatic rings. The Kier molecular flexibility index (Phi) is 3.47. The number of hydrogen-bond donors (Lipinski definition) is 1. The van der Waals surface area contributed by atoms with Gasteiger partial charge < -0.3 is 19.7 Å². The van der Waals surface area contributed by atoms with E-state index in [1.165, 1.54) is 0 Å². The first-order valence-electron chi connectivity index (χ1n) is 5.22. The molecular formula is C12H13BrN2O3. The van der Waals surface area contributed by atoms with E-state index in [1.54, 1.807) is 20.3 Å². The summed E-state index contributed by atoms with van der Waals surface area (Å²) in [6, 6.07) is 3.50. The minimum absolute atomic E-state index is 0.330. The molecule has 0 saturated heterocycles. The third kappa shape index (κ3) is 2.03. The van der Waals surface area contributed by atoms with Crippen LogP contribution in [0.1, 0.15) is 5.56 Å². The smallest absolute Gasteiger partial charge is 0.172 e. The molecule has 6 heteroatoms. The predicted molar refractivity (Wildman–Crippen MR) is 71.9 cm³/mol. The van der Waals surface area contributed by atoms with E-state index in [-0.39, 0.29) is 0 Å². The van der Waals surface area contributed by atoms with Crippen LogP contribution in [0.4, 0.5) is 5.82 Å². The van der Waals surface area contributed by atoms with E-state index < -0.39 is 0 Å². The topological polar surface area (TPSA) is 70.5 Å². The fraction of sp³-hybridized carbons (Fsp3) is 0.250. The SMILES string of the molecule is COc1c(Br)cc(-c2cc(N)no2)c(OC)c1C. The molecule has 0 aliphatic heterocycles. The lowest BCUT2D eigenvalue weighted by atomic mass is 10.1. The molecule has 0 fully saturated rings. The van der Waals surface area contributed by atoms with Crippen molar-refractivity contribution < 1.29 is 14.0 Å². The Morgan fingerprint density at radius 2 is 1.89 bits per heavy atom. The van der Waals surface area contributed by atoms with Crippen LogP contribution in [0.15, 0.2) is 21.1 Å². The summed E-state index contributed by atoms with van der Waals surface area (Å²) in [7, 11) is 3.21. The first-order chi connectivity index (χ1) is 8.58. The molecule has 1 heterocycles. The molecule has 5 nitrogen and oxygen atoms in total. The second-order valence-corrected chi connectivity index (χ2v) is 4.57. The number of aromatic nitrogens is 1. The molecule has 0 amide bonds. The van der Waals surface area contributed by atoms with E-state index in [1.807, 2.05) is 13.0 Å². The third-order valence-electron chi connectivity index (χ3n) is 2.62. The van der Waals surface area contributed by atoms with Gasteiger partial charge in [-0.2, -0.15) is 0 Å². The van der Waals surface area contributed by atoms with Crippen LogP contribution < -0.4 is 15.2 Å². The van der Waals surface area contributed by atoms with E-state index in [2.05, 4.69) is 21.1 Å². The quantitative estimate of drug-likeness (QED) is 0.943. The molecule has 0 bridgehead atoms. The number of benzene rings is 1. The van der Waals surface area contributed by atoms with Crippen molar-refractivity contribution in [1.29, 1.82) is 0 Å². The molecule has 0 aliphatic rings. The zero-order valence-corrected chi connectivity index (χ0v) is 11.9. The van der Waals surface area contributed by atoms with Crippen LogP contribution in [-0.4, -0.2) is 19.4 Å². The van der Waals surface area contributed by atoms with Crippen LogP contribution in [0.25, 0.3) is 11.3 Å². The summed E-state index contributed by atoms with van der Waals surface area (Å²) in [4.78, 5) is 0. The summed E-state index contributed by atoms with van der Waals surface area (Å²) in [5.41, 5.74) is 7.20. The van der Waals surface area contributed by atoms with E-state index in [9.17, 15) is 0 Å². The Labute approximate surface area is 113 Å². The van der Waals surface area contributed by atoms with E-state index >= 15 is 0 Å². The van der Waals surface area contributed by atoms with Gasteiger partial charge in [0.05, 0.1) is 24.3 Å². The molecule has 1 aromatic heterocycles. The molecule has 1 aromatic carbocycles. The number of nitrogens with zero attached hydrogens (tertiary/aromatic N) is 1. The van der Waals surface area contributed by atoms with Crippen molar-refractivity contribution in [2.24, 2.45) is 0 Å². The Morgan fingerprint density at radius 3 is 2.39 bits per heavy atom. The molecule has 0 unspecified atom stereocenters. The van der Waals surface area contributed by atoms with Crippen molar-refractivity contribution in [1.82, 2.24) is 5.16 Å². The normalized spacial score (nSPS) is 10.4. The maximum absolute atomic E-state index is 5.56. The Morgan fingerprint density at radius 1 is 1.22 bits per heavy atom. The minimum atomic E-state index is 0.330. The van der Waals surface area contributed by atoms with Gasteiger partial charge in [-0.15, -0.1) is 0 Å². The van der Waals surface area contributed by atoms with Crippen molar-refractivity contribution in [3.63, 3.8) is 0 Å². The molecule has 96 valence electrons. The van der Waals surface area contributed by atoms with Gasteiger partial charge in [0.2, 0.25) is 0 Å². The molecule has 2 N–H and O–H groups in total. The Hall–Kier alpha value is -1.69. The van der Waals surface area contributed by atoms with Crippen LogP contribution in [-0.2, 0) is 0 Å². The molecule has 18 heavy (non-hydrogen) atoms. The number of rotatable bonds is 3. The predicted octanol–water partition coefficient (Wildman–Crippen LogP) is 3.01. The summed E-state index contributed by atoms with van der Waals surface area (Å²) in [5.74, 6) is 2.28. The van der Waals surface area contributed by atoms with Crippen molar-refractivity contribution in [3.05, 3.63) is 22.2 Å². The van der Waals surface area contributed by atoms with Crippen LogP contribution in [0.5, 0.6) is 11.5 Å². The molecule has 2 rings (SSSR count). The van der Waals surface area contributed by atoms with Gasteiger partial charge in [-0.1, -0.05) is 5.16 Å². The van der Waals surface area contributed by atoms with E-state index in [0.29, 0.717) is 17.3 Å². The number of halogens is 1. The average molecular weight is 313 g/mol. The summed E-state index contributed by atoms with van der Waals surface area (Å²) in [6.07, 6.45) is 0. The second-order valence-electron chi connectivity index (χ2n) is 3.71. The second kappa shape index (κ2) is 4.89. The lowest BCUT2D eigenvalue weighted by Gasteiger charge is -2.14. The average Bonchev–Trinajstić information content (AvgIpc) is 2.75. The standard InChI is InChI=1S/C12H13BrN2O3/c1-6-11(16-2)7(4-8(13)12(6)17-3)9-5-10(14)15-18-9/h4-5H,1-3H3,(H2,14,15). The first-order valence-corrected chi connectivity index (χ1v) is 6.01. The fourth-order valence-corrected chi connectivity index (χ4v) is 2.54. The summed E-state index contributed by atoms with van der Waals surface area (Å²) in [6.45, 7) is 1.91. The van der Waals surface area contributed by atoms with E-state index in [4.69, 9.17) is 19.7 Å². The zero-order chi connectivity index (χ0) is 13.3. The van der Waals surface area contributed by atoms with Gasteiger partial charge in [-0.05, 0) is 28.9 Å². The molecule has 0 atom stereocenters. The van der Waals surface area contributed by atoms with E-state index in [0.717, 1.165) is 21.3 Å². The Bertz CT molecular complexity index is 581. The molecular weight excluding hydrogens is 300 g/mol. The molecule has 0 aliphatic carbocycles. The van der Waals surface area contributed by atoms with Gasteiger partial charge in [-0.3, -0.25) is 0 Å². The maximum Gasteiger partial charge on any atom is 0.172 e. The van der Waals surface area contributed by atoms with Crippen LogP contribution in [0, 0.1) is 6.92 Å². The number of methoxy groups -OCH3 is 2. The minimum Gasteiger partial charge on any atom is -0.496 e. The maximum atomic E-state index is 5.56. The summed E-state index contributed by atoms with van der Waals surface area (Å²) < 4.78 is 16.7. The molecule has 0 spiro atoms. The number of nitrogens with two attached hydrogens (primary N) is 1. The number of nitrogen functional groups attached to an aromatic ring is 1. The van der Waals surface area contributed by atoms with Crippen molar-refractivity contribution in [3.8, 4) is 22.8 Å². The highest BCUT2D eigenvalue weighted by Crippen LogP contribution is 2.42. The zero-order valence-electron chi connectivity index (χ0n) is 10.3. The van der Waals surface area contributed by atoms with Gasteiger partial charge in [0.25, 0.3) is 0 Å². The lowest BCUT2D eigenvalue weighted by molar-refractivity contribution is 0.384. The summed E-state index contributed by atoms with van der Waals surface area (Å²) in [5, 5.41) is 3.67. The van der Waals surface area contributed by atoms with Gasteiger partial charge in [0, 0.05) is 11.6 Å². The highest BCUT2D eigenvalue weighted by Gasteiger charge is 2.19. The van der Waals surface area contributed by atoms with Crippen molar-refractivity contribution in [2.75, 3.05) is 20.0 Å². The molecule has 0 radical (unpaired) electrons. The van der Waals surface area contributed by atoms with Gasteiger partial charge in [-0.25, -0.2) is 0 Å². The van der Waals surface area contributed by atoms with Gasteiger partial charge in [0.15, 0.2) is 11.6 Å². The number of ether oxygens (including phenoxy) is 2. The van der Waals surface area contributed by atoms with Crippen LogP contribution in [0.2, 0.25) is 0 Å². The fourth-order valence-electron chi connectivity index (χ4n) is 1.85. The highest BCUT2D eigenvalue weighted by atomic mass is 79.9. The third-order valence-corrected chi connectivity index (χ3v) is 3.20.